The number of amides is 1. The molecule has 0 aromatic heterocycles. The number of nitrogens with one attached hydrogen (secondary N) is 1. The number of carbonyl (C=O) groups excluding carboxylic acids is 1. The summed E-state index contributed by atoms with van der Waals surface area (Å²) in [7, 11) is 0. The van der Waals surface area contributed by atoms with Gasteiger partial charge >= 0.3 is 0 Å². The zero-order valence-electron chi connectivity index (χ0n) is 10.2. The molecule has 1 N–H and O–H groups in total. The van der Waals surface area contributed by atoms with Crippen molar-refractivity contribution >= 4 is 33.4 Å². The minimum Gasteiger partial charge on any atom is -0.352 e. The van der Waals surface area contributed by atoms with E-state index in [1.807, 2.05) is 0 Å². The molecular formula is C13H16BrClFNO. The van der Waals surface area contributed by atoms with Gasteiger partial charge < -0.3 is 5.32 Å². The van der Waals surface area contributed by atoms with Crippen molar-refractivity contribution in [2.24, 2.45) is 5.92 Å². The molecule has 0 aliphatic carbocycles. The van der Waals surface area contributed by atoms with Gasteiger partial charge in [-0.15, -0.1) is 0 Å². The second kappa shape index (κ2) is 7.74. The van der Waals surface area contributed by atoms with Crippen molar-refractivity contribution in [3.8, 4) is 0 Å². The molecule has 0 saturated carbocycles. The lowest BCUT2D eigenvalue weighted by molar-refractivity contribution is 0.0942. The predicted octanol–water partition coefficient (Wildman–Crippen LogP) is 4.02. The molecule has 0 fully saturated rings. The Morgan fingerprint density at radius 3 is 2.83 bits per heavy atom. The number of rotatable bonds is 6. The smallest absolute Gasteiger partial charge is 0.255 e. The van der Waals surface area contributed by atoms with Gasteiger partial charge in [0, 0.05) is 11.9 Å². The fraction of sp³-hybridized carbons (Fsp3) is 0.462. The zero-order valence-corrected chi connectivity index (χ0v) is 12.5. The van der Waals surface area contributed by atoms with E-state index in [9.17, 15) is 9.18 Å². The largest absolute Gasteiger partial charge is 0.352 e. The zero-order chi connectivity index (χ0) is 13.5. The van der Waals surface area contributed by atoms with E-state index in [4.69, 9.17) is 11.6 Å². The van der Waals surface area contributed by atoms with Gasteiger partial charge in [0.1, 0.15) is 5.82 Å². The third kappa shape index (κ3) is 4.25. The first-order valence-electron chi connectivity index (χ1n) is 5.88. The topological polar surface area (TPSA) is 29.1 Å². The Bertz CT molecular complexity index is 394. The van der Waals surface area contributed by atoms with Crippen molar-refractivity contribution in [3.63, 3.8) is 0 Å². The highest BCUT2D eigenvalue weighted by molar-refractivity contribution is 9.09. The molecule has 0 aliphatic heterocycles. The summed E-state index contributed by atoms with van der Waals surface area (Å²) in [4.78, 5) is 11.9. The van der Waals surface area contributed by atoms with Crippen LogP contribution in [0.3, 0.4) is 0 Å². The highest BCUT2D eigenvalue weighted by atomic mass is 79.9. The standard InChI is InChI=1S/C13H16BrClFNO/c1-2-9(6-7-14)8-17-13(18)12-10(15)4-3-5-11(12)16/h3-5,9H,2,6-8H2,1H3,(H,17,18). The lowest BCUT2D eigenvalue weighted by Crippen LogP contribution is -2.30. The third-order valence-corrected chi connectivity index (χ3v) is 3.61. The molecule has 1 rings (SSSR count). The maximum absolute atomic E-state index is 13.5. The van der Waals surface area contributed by atoms with Crippen molar-refractivity contribution in [2.75, 3.05) is 11.9 Å². The maximum Gasteiger partial charge on any atom is 0.255 e. The highest BCUT2D eigenvalue weighted by Gasteiger charge is 2.16. The van der Waals surface area contributed by atoms with Gasteiger partial charge in [-0.2, -0.15) is 0 Å². The first-order chi connectivity index (χ1) is 8.60. The van der Waals surface area contributed by atoms with Crippen LogP contribution in [0.25, 0.3) is 0 Å². The van der Waals surface area contributed by atoms with Crippen LogP contribution < -0.4 is 5.32 Å². The van der Waals surface area contributed by atoms with Gasteiger partial charge in [0.25, 0.3) is 5.91 Å². The second-order valence-electron chi connectivity index (χ2n) is 4.06. The van der Waals surface area contributed by atoms with Crippen molar-refractivity contribution in [2.45, 2.75) is 19.8 Å². The molecule has 18 heavy (non-hydrogen) atoms. The quantitative estimate of drug-likeness (QED) is 0.781. The Morgan fingerprint density at radius 2 is 2.28 bits per heavy atom. The molecule has 0 spiro atoms. The Hall–Kier alpha value is -0.610. The van der Waals surface area contributed by atoms with E-state index >= 15 is 0 Å². The van der Waals surface area contributed by atoms with E-state index in [0.29, 0.717) is 12.5 Å². The lowest BCUT2D eigenvalue weighted by atomic mass is 10.0. The Kier molecular flexibility index (Phi) is 6.65. The van der Waals surface area contributed by atoms with Crippen molar-refractivity contribution in [1.29, 1.82) is 0 Å². The van der Waals surface area contributed by atoms with Crippen molar-refractivity contribution < 1.29 is 9.18 Å². The van der Waals surface area contributed by atoms with E-state index in [-0.39, 0.29) is 10.6 Å². The summed E-state index contributed by atoms with van der Waals surface area (Å²) in [5.41, 5.74) is -0.0761. The van der Waals surface area contributed by atoms with Gasteiger partial charge in [-0.25, -0.2) is 4.39 Å². The molecule has 0 radical (unpaired) electrons. The Labute approximate surface area is 120 Å². The number of hydrogen-bond acceptors (Lipinski definition) is 1. The van der Waals surface area contributed by atoms with Gasteiger partial charge in [-0.3, -0.25) is 4.79 Å². The summed E-state index contributed by atoms with van der Waals surface area (Å²) < 4.78 is 13.5. The average molecular weight is 337 g/mol. The Morgan fingerprint density at radius 1 is 1.56 bits per heavy atom. The predicted molar refractivity (Wildman–Crippen MR) is 75.9 cm³/mol. The SMILES string of the molecule is CCC(CCBr)CNC(=O)c1c(F)cccc1Cl. The van der Waals surface area contributed by atoms with Gasteiger partial charge in [0.05, 0.1) is 10.6 Å². The summed E-state index contributed by atoms with van der Waals surface area (Å²) in [5.74, 6) is -0.654. The molecule has 100 valence electrons. The van der Waals surface area contributed by atoms with Crippen LogP contribution in [0.1, 0.15) is 30.1 Å². The minimum absolute atomic E-state index is 0.0761. The fourth-order valence-corrected chi connectivity index (χ4v) is 2.54. The third-order valence-electron chi connectivity index (χ3n) is 2.84. The first-order valence-corrected chi connectivity index (χ1v) is 7.38. The van der Waals surface area contributed by atoms with Gasteiger partial charge in [-0.05, 0) is 24.5 Å². The summed E-state index contributed by atoms with van der Waals surface area (Å²) in [6, 6.07) is 4.22. The monoisotopic (exact) mass is 335 g/mol. The second-order valence-corrected chi connectivity index (χ2v) is 5.26. The fourth-order valence-electron chi connectivity index (χ4n) is 1.64. The van der Waals surface area contributed by atoms with E-state index in [2.05, 4.69) is 28.2 Å². The van der Waals surface area contributed by atoms with Crippen molar-refractivity contribution in [1.82, 2.24) is 5.32 Å². The van der Waals surface area contributed by atoms with Gasteiger partial charge in [0.2, 0.25) is 0 Å². The van der Waals surface area contributed by atoms with Crippen LogP contribution in [-0.4, -0.2) is 17.8 Å². The number of alkyl halides is 1. The van der Waals surface area contributed by atoms with Crippen LogP contribution in [0.2, 0.25) is 5.02 Å². The van der Waals surface area contributed by atoms with Crippen LogP contribution in [0.15, 0.2) is 18.2 Å². The minimum atomic E-state index is -0.589. The van der Waals surface area contributed by atoms with E-state index < -0.39 is 11.7 Å². The van der Waals surface area contributed by atoms with E-state index in [0.717, 1.165) is 18.2 Å². The summed E-state index contributed by atoms with van der Waals surface area (Å²) in [5, 5.41) is 3.76. The van der Waals surface area contributed by atoms with Crippen LogP contribution >= 0.6 is 27.5 Å². The molecular weight excluding hydrogens is 321 g/mol. The molecule has 5 heteroatoms. The molecule has 0 bridgehead atoms. The van der Waals surface area contributed by atoms with Crippen molar-refractivity contribution in [3.05, 3.63) is 34.6 Å². The molecule has 1 aromatic carbocycles. The van der Waals surface area contributed by atoms with Crippen LogP contribution in [0.4, 0.5) is 4.39 Å². The number of hydrogen-bond donors (Lipinski definition) is 1. The number of carbonyl (C=O) groups is 1. The first kappa shape index (κ1) is 15.4. The van der Waals surface area contributed by atoms with Gasteiger partial charge in [-0.1, -0.05) is 46.9 Å². The lowest BCUT2D eigenvalue weighted by Gasteiger charge is -2.14. The Balaban J connectivity index is 2.65. The molecule has 0 heterocycles. The summed E-state index contributed by atoms with van der Waals surface area (Å²) >= 11 is 9.20. The molecule has 0 aliphatic rings. The average Bonchev–Trinajstić information content (AvgIpc) is 2.34. The van der Waals surface area contributed by atoms with Crippen LogP contribution in [0, 0.1) is 11.7 Å². The summed E-state index contributed by atoms with van der Waals surface area (Å²) in [6.45, 7) is 2.60. The molecule has 1 unspecified atom stereocenters. The number of benzene rings is 1. The van der Waals surface area contributed by atoms with Gasteiger partial charge in [0.15, 0.2) is 0 Å². The molecule has 0 saturated heterocycles. The molecule has 1 atom stereocenters. The maximum atomic E-state index is 13.5. The highest BCUT2D eigenvalue weighted by Crippen LogP contribution is 2.19. The summed E-state index contributed by atoms with van der Waals surface area (Å²) in [6.07, 6.45) is 1.94. The molecule has 1 aromatic rings. The van der Waals surface area contributed by atoms with Crippen LogP contribution in [0.5, 0.6) is 0 Å². The van der Waals surface area contributed by atoms with E-state index in [1.54, 1.807) is 0 Å². The molecule has 1 amide bonds. The van der Waals surface area contributed by atoms with E-state index in [1.165, 1.54) is 18.2 Å². The van der Waals surface area contributed by atoms with Crippen LogP contribution in [-0.2, 0) is 0 Å². The number of halogens is 3. The molecule has 2 nitrogen and oxygen atoms in total. The normalized spacial score (nSPS) is 12.2.